The summed E-state index contributed by atoms with van der Waals surface area (Å²) in [4.78, 5) is 5.26. The third-order valence-electron chi connectivity index (χ3n) is 3.50. The van der Waals surface area contributed by atoms with Crippen molar-refractivity contribution < 1.29 is 5.11 Å². The largest absolute Gasteiger partial charge is 0.390 e. The summed E-state index contributed by atoms with van der Waals surface area (Å²) in [5.74, 6) is 0.480. The Morgan fingerprint density at radius 3 is 2.80 bits per heavy atom. The third-order valence-corrected chi connectivity index (χ3v) is 4.28. The van der Waals surface area contributed by atoms with Crippen molar-refractivity contribution in [3.05, 3.63) is 16.6 Å². The molecule has 1 fully saturated rings. The molecule has 1 atom stereocenters. The average molecular weight is 225 g/mol. The van der Waals surface area contributed by atoms with Crippen molar-refractivity contribution in [1.29, 1.82) is 0 Å². The monoisotopic (exact) mass is 225 g/mol. The predicted octanol–water partition coefficient (Wildman–Crippen LogP) is 3.02. The smallest absolute Gasteiger partial charge is 0.0794 e. The fraction of sp³-hybridized carbons (Fsp3) is 0.750. The van der Waals surface area contributed by atoms with Crippen LogP contribution in [0.15, 0.2) is 11.7 Å². The fourth-order valence-electron chi connectivity index (χ4n) is 2.55. The first-order chi connectivity index (χ1) is 7.18. The van der Waals surface area contributed by atoms with E-state index in [2.05, 4.69) is 4.98 Å². The van der Waals surface area contributed by atoms with E-state index in [9.17, 15) is 5.11 Å². The van der Waals surface area contributed by atoms with Gasteiger partial charge in [0.25, 0.3) is 0 Å². The van der Waals surface area contributed by atoms with Crippen LogP contribution in [0.3, 0.4) is 0 Å². The predicted molar refractivity (Wildman–Crippen MR) is 63.0 cm³/mol. The van der Waals surface area contributed by atoms with Gasteiger partial charge in [0.2, 0.25) is 0 Å². The molecule has 0 saturated heterocycles. The van der Waals surface area contributed by atoms with Crippen LogP contribution in [0.4, 0.5) is 0 Å². The molecule has 1 N–H and O–H groups in total. The van der Waals surface area contributed by atoms with Crippen molar-refractivity contribution in [3.8, 4) is 0 Å². The highest BCUT2D eigenvalue weighted by Crippen LogP contribution is 2.35. The Labute approximate surface area is 95.4 Å². The number of aromatic nitrogens is 1. The summed E-state index contributed by atoms with van der Waals surface area (Å²) in [6.45, 7) is 1.99. The molecule has 0 radical (unpaired) electrons. The molecule has 0 aliphatic heterocycles. The Kier molecular flexibility index (Phi) is 3.42. The van der Waals surface area contributed by atoms with E-state index in [0.717, 1.165) is 6.42 Å². The Bertz CT molecular complexity index is 289. The van der Waals surface area contributed by atoms with Crippen molar-refractivity contribution >= 4 is 11.3 Å². The lowest BCUT2D eigenvalue weighted by atomic mass is 9.76. The van der Waals surface area contributed by atoms with Crippen LogP contribution in [-0.4, -0.2) is 15.7 Å². The summed E-state index contributed by atoms with van der Waals surface area (Å²) < 4.78 is 0. The van der Waals surface area contributed by atoms with Gasteiger partial charge >= 0.3 is 0 Å². The molecule has 84 valence electrons. The van der Waals surface area contributed by atoms with Crippen LogP contribution in [0, 0.1) is 5.92 Å². The minimum absolute atomic E-state index is 0.480. The number of thiazole rings is 1. The van der Waals surface area contributed by atoms with Gasteiger partial charge in [0, 0.05) is 17.5 Å². The van der Waals surface area contributed by atoms with Crippen molar-refractivity contribution in [1.82, 2.24) is 4.98 Å². The molecule has 1 unspecified atom stereocenters. The average Bonchev–Trinajstić information content (AvgIpc) is 2.71. The topological polar surface area (TPSA) is 33.1 Å². The molecule has 2 rings (SSSR count). The second-order valence-electron chi connectivity index (χ2n) is 4.84. The Balaban J connectivity index is 1.98. The lowest BCUT2D eigenvalue weighted by Crippen LogP contribution is -2.37. The number of nitrogens with zero attached hydrogens (tertiary/aromatic N) is 1. The van der Waals surface area contributed by atoms with E-state index in [4.69, 9.17) is 0 Å². The molecule has 0 spiro atoms. The van der Waals surface area contributed by atoms with Crippen LogP contribution in [0.2, 0.25) is 0 Å². The number of hydrogen-bond acceptors (Lipinski definition) is 3. The molecule has 1 aromatic heterocycles. The first-order valence-corrected chi connectivity index (χ1v) is 6.66. The third kappa shape index (κ3) is 2.79. The number of aliphatic hydroxyl groups is 1. The van der Waals surface area contributed by atoms with E-state index in [0.29, 0.717) is 5.92 Å². The maximum atomic E-state index is 10.5. The zero-order valence-corrected chi connectivity index (χ0v) is 10.1. The highest BCUT2D eigenvalue weighted by atomic mass is 32.1. The van der Waals surface area contributed by atoms with Crippen LogP contribution in [0.25, 0.3) is 0 Å². The van der Waals surface area contributed by atoms with Crippen molar-refractivity contribution in [3.63, 3.8) is 0 Å². The molecule has 3 heteroatoms. The van der Waals surface area contributed by atoms with Crippen LogP contribution in [0.5, 0.6) is 0 Å². The fourth-order valence-corrected chi connectivity index (χ4v) is 3.31. The normalized spacial score (nSPS) is 22.5. The van der Waals surface area contributed by atoms with Crippen LogP contribution in [-0.2, 0) is 6.42 Å². The molecule has 2 nitrogen and oxygen atoms in total. The Hall–Kier alpha value is -0.410. The van der Waals surface area contributed by atoms with Gasteiger partial charge in [0.05, 0.1) is 11.1 Å². The molecule has 1 aromatic rings. The summed E-state index contributed by atoms with van der Waals surface area (Å²) in [6.07, 6.45) is 8.92. The molecule has 1 aliphatic rings. The van der Waals surface area contributed by atoms with Gasteiger partial charge in [-0.05, 0) is 25.7 Å². The van der Waals surface area contributed by atoms with Crippen LogP contribution in [0.1, 0.15) is 43.9 Å². The number of hydrogen-bond donors (Lipinski definition) is 1. The highest BCUT2D eigenvalue weighted by molar-refractivity contribution is 7.09. The van der Waals surface area contributed by atoms with Gasteiger partial charge in [-0.3, -0.25) is 4.98 Å². The van der Waals surface area contributed by atoms with Crippen LogP contribution < -0.4 is 0 Å². The van der Waals surface area contributed by atoms with Crippen molar-refractivity contribution in [2.75, 3.05) is 0 Å². The zero-order valence-electron chi connectivity index (χ0n) is 9.28. The van der Waals surface area contributed by atoms with Crippen LogP contribution >= 0.6 is 11.3 Å². The van der Waals surface area contributed by atoms with E-state index in [1.54, 1.807) is 11.3 Å². The first kappa shape index (κ1) is 11.1. The molecule has 1 aliphatic carbocycles. The molecule has 15 heavy (non-hydrogen) atoms. The quantitative estimate of drug-likeness (QED) is 0.857. The van der Waals surface area contributed by atoms with Crippen molar-refractivity contribution in [2.24, 2.45) is 5.92 Å². The molecular weight excluding hydrogens is 206 g/mol. The summed E-state index contributed by atoms with van der Waals surface area (Å²) >= 11 is 1.64. The molecule has 1 heterocycles. The lowest BCUT2D eigenvalue weighted by Gasteiger charge is -2.35. The summed E-state index contributed by atoms with van der Waals surface area (Å²) in [5, 5.41) is 10.5. The maximum Gasteiger partial charge on any atom is 0.0794 e. The molecule has 1 saturated carbocycles. The Morgan fingerprint density at radius 2 is 2.20 bits per heavy atom. The highest BCUT2D eigenvalue weighted by Gasteiger charge is 2.33. The van der Waals surface area contributed by atoms with E-state index in [-0.39, 0.29) is 0 Å². The second-order valence-corrected chi connectivity index (χ2v) is 5.81. The SMILES string of the molecule is CC(O)(Cc1cncs1)C1CCCCC1. The summed E-state index contributed by atoms with van der Waals surface area (Å²) in [5.41, 5.74) is 1.30. The zero-order chi connectivity index (χ0) is 10.7. The maximum absolute atomic E-state index is 10.5. The Morgan fingerprint density at radius 1 is 1.47 bits per heavy atom. The summed E-state index contributed by atoms with van der Waals surface area (Å²) in [6, 6.07) is 0. The van der Waals surface area contributed by atoms with E-state index in [1.165, 1.54) is 37.0 Å². The standard InChI is InChI=1S/C12H19NOS/c1-12(14,7-11-8-13-9-15-11)10-5-3-2-4-6-10/h8-10,14H,2-7H2,1H3. The lowest BCUT2D eigenvalue weighted by molar-refractivity contribution is -0.0153. The van der Waals surface area contributed by atoms with Gasteiger partial charge in [0.15, 0.2) is 0 Å². The van der Waals surface area contributed by atoms with Gasteiger partial charge in [-0.2, -0.15) is 0 Å². The van der Waals surface area contributed by atoms with E-state index >= 15 is 0 Å². The van der Waals surface area contributed by atoms with Gasteiger partial charge < -0.3 is 5.11 Å². The molecule has 0 aromatic carbocycles. The minimum Gasteiger partial charge on any atom is -0.390 e. The van der Waals surface area contributed by atoms with Gasteiger partial charge in [-0.15, -0.1) is 11.3 Å². The summed E-state index contributed by atoms with van der Waals surface area (Å²) in [7, 11) is 0. The van der Waals surface area contributed by atoms with E-state index < -0.39 is 5.60 Å². The minimum atomic E-state index is -0.535. The molecule has 0 amide bonds. The second kappa shape index (κ2) is 4.62. The van der Waals surface area contributed by atoms with E-state index in [1.807, 2.05) is 18.6 Å². The van der Waals surface area contributed by atoms with Crippen molar-refractivity contribution in [2.45, 2.75) is 51.0 Å². The van der Waals surface area contributed by atoms with Gasteiger partial charge in [-0.25, -0.2) is 0 Å². The van der Waals surface area contributed by atoms with Gasteiger partial charge in [0.1, 0.15) is 0 Å². The molecular formula is C12H19NOS. The molecule has 0 bridgehead atoms. The number of rotatable bonds is 3. The van der Waals surface area contributed by atoms with Gasteiger partial charge in [-0.1, -0.05) is 19.3 Å². The first-order valence-electron chi connectivity index (χ1n) is 5.78.